The summed E-state index contributed by atoms with van der Waals surface area (Å²) in [7, 11) is 0. The Labute approximate surface area is 98.7 Å². The van der Waals surface area contributed by atoms with Crippen LogP contribution in [0.1, 0.15) is 22.9 Å². The van der Waals surface area contributed by atoms with Gasteiger partial charge in [-0.05, 0) is 31.2 Å². The molecule has 1 unspecified atom stereocenters. The van der Waals surface area contributed by atoms with Gasteiger partial charge >= 0.3 is 0 Å². The van der Waals surface area contributed by atoms with E-state index in [1.807, 2.05) is 6.92 Å². The highest BCUT2D eigenvalue weighted by molar-refractivity contribution is 5.50. The number of nitrogens with two attached hydrogens (primary N) is 1. The first-order valence-corrected chi connectivity index (χ1v) is 5.23. The molecule has 0 aliphatic carbocycles. The van der Waals surface area contributed by atoms with Crippen LogP contribution in [0.5, 0.6) is 0 Å². The van der Waals surface area contributed by atoms with Crippen molar-refractivity contribution in [1.29, 1.82) is 0 Å². The molecule has 1 heterocycles. The summed E-state index contributed by atoms with van der Waals surface area (Å²) in [5.41, 5.74) is 7.87. The van der Waals surface area contributed by atoms with Gasteiger partial charge < -0.3 is 10.8 Å². The number of nitrogen functional groups attached to an aromatic ring is 1. The van der Waals surface area contributed by atoms with E-state index in [2.05, 4.69) is 4.98 Å². The van der Waals surface area contributed by atoms with E-state index in [1.54, 1.807) is 18.3 Å². The normalized spacial score (nSPS) is 12.4. The van der Waals surface area contributed by atoms with Gasteiger partial charge in [0.05, 0.1) is 0 Å². The number of aliphatic hydroxyl groups is 1. The zero-order valence-electron chi connectivity index (χ0n) is 9.39. The number of aromatic nitrogens is 1. The van der Waals surface area contributed by atoms with Crippen LogP contribution in [0.25, 0.3) is 0 Å². The standard InChI is InChI=1S/C13H13FN2O/c1-8-2-3-9(7-16-8)13(17)11-6-10(14)4-5-12(11)15/h2-7,13,17H,15H2,1H3. The number of aryl methyl sites for hydroxylation is 1. The molecule has 0 amide bonds. The zero-order chi connectivity index (χ0) is 12.4. The van der Waals surface area contributed by atoms with Crippen molar-refractivity contribution >= 4 is 5.69 Å². The van der Waals surface area contributed by atoms with Gasteiger partial charge in [-0.25, -0.2) is 4.39 Å². The maximum absolute atomic E-state index is 13.1. The molecule has 2 aromatic rings. The van der Waals surface area contributed by atoms with Crippen LogP contribution in [0.2, 0.25) is 0 Å². The molecule has 0 fully saturated rings. The third-order valence-electron chi connectivity index (χ3n) is 2.59. The van der Waals surface area contributed by atoms with Gasteiger partial charge in [-0.2, -0.15) is 0 Å². The minimum absolute atomic E-state index is 0.357. The third kappa shape index (κ3) is 2.42. The number of hydrogen-bond acceptors (Lipinski definition) is 3. The number of rotatable bonds is 2. The lowest BCUT2D eigenvalue weighted by Crippen LogP contribution is -2.05. The Morgan fingerprint density at radius 3 is 2.71 bits per heavy atom. The van der Waals surface area contributed by atoms with Gasteiger partial charge in [0, 0.05) is 28.7 Å². The van der Waals surface area contributed by atoms with Gasteiger partial charge in [0.2, 0.25) is 0 Å². The van der Waals surface area contributed by atoms with E-state index in [4.69, 9.17) is 5.73 Å². The molecule has 0 saturated carbocycles. The van der Waals surface area contributed by atoms with Gasteiger partial charge in [-0.1, -0.05) is 6.07 Å². The summed E-state index contributed by atoms with van der Waals surface area (Å²) in [4.78, 5) is 4.08. The van der Waals surface area contributed by atoms with Crippen molar-refractivity contribution in [2.24, 2.45) is 0 Å². The smallest absolute Gasteiger partial charge is 0.123 e. The Balaban J connectivity index is 2.39. The molecule has 1 aromatic heterocycles. The molecule has 0 bridgehead atoms. The summed E-state index contributed by atoms with van der Waals surface area (Å²) < 4.78 is 13.1. The molecule has 0 aliphatic heterocycles. The lowest BCUT2D eigenvalue weighted by Gasteiger charge is -2.13. The summed E-state index contributed by atoms with van der Waals surface area (Å²) in [6.45, 7) is 1.85. The van der Waals surface area contributed by atoms with Crippen molar-refractivity contribution in [2.45, 2.75) is 13.0 Å². The predicted octanol–water partition coefficient (Wildman–Crippen LogP) is 2.19. The monoisotopic (exact) mass is 232 g/mol. The van der Waals surface area contributed by atoms with Crippen molar-refractivity contribution < 1.29 is 9.50 Å². The van der Waals surface area contributed by atoms with Crippen molar-refractivity contribution in [2.75, 3.05) is 5.73 Å². The SMILES string of the molecule is Cc1ccc(C(O)c2cc(F)ccc2N)cn1. The number of anilines is 1. The van der Waals surface area contributed by atoms with E-state index in [0.717, 1.165) is 5.69 Å². The number of hydrogen-bond donors (Lipinski definition) is 2. The second kappa shape index (κ2) is 4.51. The largest absolute Gasteiger partial charge is 0.398 e. The Bertz CT molecular complexity index is 525. The van der Waals surface area contributed by atoms with E-state index in [9.17, 15) is 9.50 Å². The van der Waals surface area contributed by atoms with Crippen LogP contribution in [0.3, 0.4) is 0 Å². The van der Waals surface area contributed by atoms with Crippen LogP contribution in [0.4, 0.5) is 10.1 Å². The minimum atomic E-state index is -0.959. The third-order valence-corrected chi connectivity index (χ3v) is 2.59. The van der Waals surface area contributed by atoms with E-state index < -0.39 is 11.9 Å². The van der Waals surface area contributed by atoms with Crippen molar-refractivity contribution in [3.63, 3.8) is 0 Å². The predicted molar refractivity (Wildman–Crippen MR) is 63.8 cm³/mol. The van der Waals surface area contributed by atoms with Gasteiger partial charge in [0.1, 0.15) is 11.9 Å². The molecule has 0 radical (unpaired) electrons. The molecule has 17 heavy (non-hydrogen) atoms. The van der Waals surface area contributed by atoms with Gasteiger partial charge in [-0.3, -0.25) is 4.98 Å². The fourth-order valence-electron chi connectivity index (χ4n) is 1.60. The van der Waals surface area contributed by atoms with Crippen molar-refractivity contribution in [3.05, 3.63) is 59.2 Å². The summed E-state index contributed by atoms with van der Waals surface area (Å²) in [5.74, 6) is -0.423. The average Bonchev–Trinajstić information content (AvgIpc) is 2.32. The van der Waals surface area contributed by atoms with E-state index >= 15 is 0 Å². The van der Waals surface area contributed by atoms with Crippen molar-refractivity contribution in [1.82, 2.24) is 4.98 Å². The second-order valence-corrected chi connectivity index (χ2v) is 3.91. The lowest BCUT2D eigenvalue weighted by molar-refractivity contribution is 0.220. The van der Waals surface area contributed by atoms with Crippen LogP contribution >= 0.6 is 0 Å². The Hall–Kier alpha value is -1.94. The Morgan fingerprint density at radius 2 is 2.06 bits per heavy atom. The van der Waals surface area contributed by atoms with Crippen LogP contribution < -0.4 is 5.73 Å². The second-order valence-electron chi connectivity index (χ2n) is 3.91. The van der Waals surface area contributed by atoms with Crippen molar-refractivity contribution in [3.8, 4) is 0 Å². The molecular weight excluding hydrogens is 219 g/mol. The quantitative estimate of drug-likeness (QED) is 0.780. The van der Waals surface area contributed by atoms with Gasteiger partial charge in [0.25, 0.3) is 0 Å². The Morgan fingerprint density at radius 1 is 1.29 bits per heavy atom. The minimum Gasteiger partial charge on any atom is -0.398 e. The molecule has 0 aliphatic rings. The molecule has 1 atom stereocenters. The maximum atomic E-state index is 13.1. The fraction of sp³-hybridized carbons (Fsp3) is 0.154. The summed E-state index contributed by atoms with van der Waals surface area (Å²) in [5, 5.41) is 10.1. The van der Waals surface area contributed by atoms with Crippen LogP contribution in [-0.2, 0) is 0 Å². The Kier molecular flexibility index (Phi) is 3.06. The number of nitrogens with zero attached hydrogens (tertiary/aromatic N) is 1. The summed E-state index contributed by atoms with van der Waals surface area (Å²) in [6, 6.07) is 7.47. The van der Waals surface area contributed by atoms with E-state index in [0.29, 0.717) is 16.8 Å². The summed E-state index contributed by atoms with van der Waals surface area (Å²) >= 11 is 0. The topological polar surface area (TPSA) is 59.1 Å². The van der Waals surface area contributed by atoms with Crippen LogP contribution in [0.15, 0.2) is 36.5 Å². The lowest BCUT2D eigenvalue weighted by atomic mass is 10.0. The van der Waals surface area contributed by atoms with Crippen LogP contribution in [-0.4, -0.2) is 10.1 Å². The molecule has 3 nitrogen and oxygen atoms in total. The molecule has 0 spiro atoms. The highest BCUT2D eigenvalue weighted by Crippen LogP contribution is 2.26. The number of pyridine rings is 1. The molecule has 88 valence electrons. The summed E-state index contributed by atoms with van der Waals surface area (Å²) in [6.07, 6.45) is 0.600. The van der Waals surface area contributed by atoms with E-state index in [1.165, 1.54) is 18.2 Å². The van der Waals surface area contributed by atoms with Gasteiger partial charge in [0.15, 0.2) is 0 Å². The highest BCUT2D eigenvalue weighted by atomic mass is 19.1. The first kappa shape index (κ1) is 11.5. The number of halogens is 1. The molecule has 2 rings (SSSR count). The number of aliphatic hydroxyl groups excluding tert-OH is 1. The molecule has 3 N–H and O–H groups in total. The number of benzene rings is 1. The molecule has 4 heteroatoms. The highest BCUT2D eigenvalue weighted by Gasteiger charge is 2.14. The van der Waals surface area contributed by atoms with Crippen LogP contribution in [0, 0.1) is 12.7 Å². The van der Waals surface area contributed by atoms with Gasteiger partial charge in [-0.15, -0.1) is 0 Å². The molecular formula is C13H13FN2O. The first-order valence-electron chi connectivity index (χ1n) is 5.23. The zero-order valence-corrected chi connectivity index (χ0v) is 9.39. The van der Waals surface area contributed by atoms with E-state index in [-0.39, 0.29) is 0 Å². The molecule has 1 aromatic carbocycles. The molecule has 0 saturated heterocycles. The average molecular weight is 232 g/mol. The maximum Gasteiger partial charge on any atom is 0.123 e. The first-order chi connectivity index (χ1) is 8.08. The fourth-order valence-corrected chi connectivity index (χ4v) is 1.60.